The monoisotopic (exact) mass is 280 g/mol. The minimum atomic E-state index is -0.660. The van der Waals surface area contributed by atoms with Gasteiger partial charge in [0.2, 0.25) is 0 Å². The highest BCUT2D eigenvalue weighted by Gasteiger charge is 2.41. The van der Waals surface area contributed by atoms with Crippen LogP contribution in [0.25, 0.3) is 0 Å². The predicted molar refractivity (Wildman–Crippen MR) is 73.3 cm³/mol. The fraction of sp³-hybridized carbons (Fsp3) is 0.467. The number of Topliss-reactive ketones (excluding diaryl/α,β-unsaturated/α-hetero) is 1. The zero-order valence-corrected chi connectivity index (χ0v) is 11.9. The van der Waals surface area contributed by atoms with E-state index in [1.165, 1.54) is 0 Å². The first kappa shape index (κ1) is 14.1. The Morgan fingerprint density at radius 1 is 1.42 bits per heavy atom. The third-order valence-corrected chi connectivity index (χ3v) is 3.77. The molecule has 1 fully saturated rings. The molecule has 1 atom stereocenters. The fourth-order valence-corrected chi connectivity index (χ4v) is 2.62. The van der Waals surface area contributed by atoms with Gasteiger partial charge in [-0.05, 0) is 31.0 Å². The first-order valence-electron chi connectivity index (χ1n) is 6.39. The van der Waals surface area contributed by atoms with Crippen molar-refractivity contribution in [3.05, 3.63) is 34.9 Å². The van der Waals surface area contributed by atoms with Gasteiger partial charge in [-0.3, -0.25) is 4.79 Å². The fourth-order valence-electron chi connectivity index (χ4n) is 2.43. The van der Waals surface area contributed by atoms with Gasteiger partial charge < -0.3 is 4.74 Å². The molecule has 0 N–H and O–H groups in total. The molecule has 0 saturated heterocycles. The summed E-state index contributed by atoms with van der Waals surface area (Å²) in [6, 6.07) is 6.56. The molecule has 0 aromatic heterocycles. The third-order valence-electron chi connectivity index (χ3n) is 3.53. The Kier molecular flexibility index (Phi) is 3.95. The van der Waals surface area contributed by atoms with E-state index in [1.807, 2.05) is 13.8 Å². The van der Waals surface area contributed by atoms with Crippen molar-refractivity contribution in [2.75, 3.05) is 0 Å². The van der Waals surface area contributed by atoms with Gasteiger partial charge in [-0.15, -0.1) is 0 Å². The number of esters is 1. The third kappa shape index (κ3) is 3.16. The number of carbonyl (C=O) groups is 2. The molecule has 0 heterocycles. The van der Waals surface area contributed by atoms with Crippen LogP contribution in [0.2, 0.25) is 5.02 Å². The van der Waals surface area contributed by atoms with E-state index in [-0.39, 0.29) is 11.2 Å². The van der Waals surface area contributed by atoms with Gasteiger partial charge in [0.15, 0.2) is 11.9 Å². The molecule has 1 aliphatic carbocycles. The van der Waals surface area contributed by atoms with Gasteiger partial charge in [-0.25, -0.2) is 4.79 Å². The molecule has 0 bridgehead atoms. The highest BCUT2D eigenvalue weighted by Crippen LogP contribution is 2.36. The summed E-state index contributed by atoms with van der Waals surface area (Å²) in [5.74, 6) is -0.484. The van der Waals surface area contributed by atoms with Gasteiger partial charge in [0.25, 0.3) is 0 Å². The van der Waals surface area contributed by atoms with E-state index in [0.29, 0.717) is 17.0 Å². The highest BCUT2D eigenvalue weighted by atomic mass is 35.5. The lowest BCUT2D eigenvalue weighted by atomic mass is 9.74. The molecule has 1 aliphatic rings. The van der Waals surface area contributed by atoms with Crippen molar-refractivity contribution in [1.82, 2.24) is 0 Å². The van der Waals surface area contributed by atoms with E-state index in [0.717, 1.165) is 12.8 Å². The van der Waals surface area contributed by atoms with E-state index in [4.69, 9.17) is 16.3 Å². The number of halogens is 1. The van der Waals surface area contributed by atoms with Crippen LogP contribution in [0.1, 0.15) is 43.5 Å². The average Bonchev–Trinajstić information content (AvgIpc) is 2.33. The van der Waals surface area contributed by atoms with Gasteiger partial charge in [-0.2, -0.15) is 0 Å². The molecule has 0 radical (unpaired) electrons. The predicted octanol–water partition coefficient (Wildman–Crippen LogP) is 3.64. The first-order chi connectivity index (χ1) is 8.90. The molecule has 0 spiro atoms. The molecule has 3 nitrogen and oxygen atoms in total. The van der Waals surface area contributed by atoms with Crippen molar-refractivity contribution >= 4 is 23.4 Å². The van der Waals surface area contributed by atoms with Crippen LogP contribution in [0.4, 0.5) is 0 Å². The van der Waals surface area contributed by atoms with E-state index in [1.54, 1.807) is 24.3 Å². The lowest BCUT2D eigenvalue weighted by Gasteiger charge is -2.36. The summed E-state index contributed by atoms with van der Waals surface area (Å²) in [6.07, 6.45) is 1.56. The van der Waals surface area contributed by atoms with Crippen molar-refractivity contribution in [3.63, 3.8) is 0 Å². The Balaban J connectivity index is 2.15. The SMILES string of the molecule is CC1(C)CCCC(=O)C1OC(=O)c1cccc(Cl)c1. The zero-order valence-electron chi connectivity index (χ0n) is 11.1. The molecule has 4 heteroatoms. The van der Waals surface area contributed by atoms with Crippen molar-refractivity contribution in [2.24, 2.45) is 5.41 Å². The maximum Gasteiger partial charge on any atom is 0.338 e. The van der Waals surface area contributed by atoms with E-state index in [2.05, 4.69) is 0 Å². The van der Waals surface area contributed by atoms with Crippen LogP contribution < -0.4 is 0 Å². The molecule has 19 heavy (non-hydrogen) atoms. The molecular formula is C15H17ClO3. The van der Waals surface area contributed by atoms with Crippen LogP contribution in [0.5, 0.6) is 0 Å². The standard InChI is InChI=1S/C15H17ClO3/c1-15(2)8-4-7-12(17)13(15)19-14(18)10-5-3-6-11(16)9-10/h3,5-6,9,13H,4,7-8H2,1-2H3. The van der Waals surface area contributed by atoms with Crippen LogP contribution >= 0.6 is 11.6 Å². The number of hydrogen-bond donors (Lipinski definition) is 0. The lowest BCUT2D eigenvalue weighted by molar-refractivity contribution is -0.137. The summed E-state index contributed by atoms with van der Waals surface area (Å²) < 4.78 is 5.41. The largest absolute Gasteiger partial charge is 0.450 e. The summed E-state index contributed by atoms with van der Waals surface area (Å²) in [5.41, 5.74) is 0.0745. The Morgan fingerprint density at radius 3 is 2.79 bits per heavy atom. The van der Waals surface area contributed by atoms with Crippen molar-refractivity contribution in [3.8, 4) is 0 Å². The number of benzene rings is 1. The number of carbonyl (C=O) groups excluding carboxylic acids is 2. The highest BCUT2D eigenvalue weighted by molar-refractivity contribution is 6.30. The van der Waals surface area contributed by atoms with Crippen LogP contribution in [-0.4, -0.2) is 17.9 Å². The van der Waals surface area contributed by atoms with Crippen molar-refractivity contribution in [2.45, 2.75) is 39.2 Å². The molecule has 0 amide bonds. The lowest BCUT2D eigenvalue weighted by Crippen LogP contribution is -2.43. The van der Waals surface area contributed by atoms with Crippen LogP contribution in [0.15, 0.2) is 24.3 Å². The maximum absolute atomic E-state index is 12.1. The summed E-state index contributed by atoms with van der Waals surface area (Å²) >= 11 is 5.84. The summed E-state index contributed by atoms with van der Waals surface area (Å²) in [7, 11) is 0. The van der Waals surface area contributed by atoms with E-state index < -0.39 is 12.1 Å². The van der Waals surface area contributed by atoms with Gasteiger partial charge in [-0.1, -0.05) is 31.5 Å². The molecule has 102 valence electrons. The van der Waals surface area contributed by atoms with E-state index in [9.17, 15) is 9.59 Å². The molecule has 1 aromatic carbocycles. The van der Waals surface area contributed by atoms with Crippen molar-refractivity contribution in [1.29, 1.82) is 0 Å². The average molecular weight is 281 g/mol. The first-order valence-corrected chi connectivity index (χ1v) is 6.77. The number of ketones is 1. The Bertz CT molecular complexity index is 508. The van der Waals surface area contributed by atoms with Crippen molar-refractivity contribution < 1.29 is 14.3 Å². The molecule has 2 rings (SSSR count). The summed E-state index contributed by atoms with van der Waals surface area (Å²) in [5, 5.41) is 0.476. The molecular weight excluding hydrogens is 264 g/mol. The molecule has 1 saturated carbocycles. The second kappa shape index (κ2) is 5.33. The van der Waals surface area contributed by atoms with Crippen LogP contribution in [-0.2, 0) is 9.53 Å². The minimum Gasteiger partial charge on any atom is -0.450 e. The second-order valence-electron chi connectivity index (χ2n) is 5.60. The van der Waals surface area contributed by atoms with Gasteiger partial charge in [0.1, 0.15) is 0 Å². The number of rotatable bonds is 2. The van der Waals surface area contributed by atoms with Crippen LogP contribution in [0.3, 0.4) is 0 Å². The normalized spacial score (nSPS) is 22.1. The quantitative estimate of drug-likeness (QED) is 0.777. The molecule has 0 aliphatic heterocycles. The smallest absolute Gasteiger partial charge is 0.338 e. The maximum atomic E-state index is 12.1. The Hall–Kier alpha value is -1.35. The Morgan fingerprint density at radius 2 is 2.16 bits per heavy atom. The van der Waals surface area contributed by atoms with Crippen LogP contribution in [0, 0.1) is 5.41 Å². The zero-order chi connectivity index (χ0) is 14.0. The second-order valence-corrected chi connectivity index (χ2v) is 6.04. The van der Waals surface area contributed by atoms with Gasteiger partial charge in [0.05, 0.1) is 5.56 Å². The van der Waals surface area contributed by atoms with Gasteiger partial charge >= 0.3 is 5.97 Å². The van der Waals surface area contributed by atoms with Gasteiger partial charge in [0, 0.05) is 16.9 Å². The topological polar surface area (TPSA) is 43.4 Å². The summed E-state index contributed by atoms with van der Waals surface area (Å²) in [4.78, 5) is 24.0. The van der Waals surface area contributed by atoms with E-state index >= 15 is 0 Å². The number of ether oxygens (including phenoxy) is 1. The summed E-state index contributed by atoms with van der Waals surface area (Å²) in [6.45, 7) is 3.92. The minimum absolute atomic E-state index is 0.00614. The molecule has 1 unspecified atom stereocenters. The Labute approximate surface area is 117 Å². The number of hydrogen-bond acceptors (Lipinski definition) is 3. The molecule has 1 aromatic rings.